The Morgan fingerprint density at radius 3 is 2.92 bits per heavy atom. The lowest BCUT2D eigenvalue weighted by Gasteiger charge is -1.99. The molecule has 3 nitrogen and oxygen atoms in total. The predicted octanol–water partition coefficient (Wildman–Crippen LogP) is 0.981. The predicted molar refractivity (Wildman–Crippen MR) is 42.7 cm³/mol. The van der Waals surface area contributed by atoms with Gasteiger partial charge in [-0.3, -0.25) is 4.79 Å². The molecule has 0 unspecified atom stereocenters. The molecule has 2 N–H and O–H groups in total. The molecular formula is C8H5FN2O. The van der Waals surface area contributed by atoms with Crippen LogP contribution in [-0.2, 0) is 0 Å². The second-order valence-electron chi connectivity index (χ2n) is 2.52. The Morgan fingerprint density at radius 1 is 1.42 bits per heavy atom. The maximum atomic E-state index is 12.7. The van der Waals surface area contributed by atoms with Gasteiger partial charge in [0.1, 0.15) is 5.82 Å². The average molecular weight is 164 g/mol. The highest BCUT2D eigenvalue weighted by molar-refractivity contribution is 6.15. The highest BCUT2D eigenvalue weighted by Gasteiger charge is 2.18. The molecule has 0 radical (unpaired) electrons. The standard InChI is InChI=1S/C8H5FN2O/c9-4-1-5-6(7(10)2-4)3-11-8(5)12/h1-3H,10H2. The maximum absolute atomic E-state index is 12.7. The van der Waals surface area contributed by atoms with Gasteiger partial charge in [0, 0.05) is 17.5 Å². The van der Waals surface area contributed by atoms with Gasteiger partial charge in [0.05, 0.1) is 5.56 Å². The van der Waals surface area contributed by atoms with E-state index in [0.29, 0.717) is 5.56 Å². The third kappa shape index (κ3) is 0.812. The number of aliphatic imine (C=N–C) groups is 1. The Morgan fingerprint density at radius 2 is 2.17 bits per heavy atom. The first-order valence-corrected chi connectivity index (χ1v) is 3.36. The van der Waals surface area contributed by atoms with E-state index in [1.54, 1.807) is 0 Å². The van der Waals surface area contributed by atoms with Crippen molar-refractivity contribution in [2.45, 2.75) is 0 Å². The van der Waals surface area contributed by atoms with Gasteiger partial charge in [-0.15, -0.1) is 0 Å². The number of benzene rings is 1. The van der Waals surface area contributed by atoms with Crippen LogP contribution in [0.1, 0.15) is 15.9 Å². The Labute approximate surface area is 67.7 Å². The van der Waals surface area contributed by atoms with Crippen molar-refractivity contribution in [3.63, 3.8) is 0 Å². The molecule has 1 aliphatic rings. The topological polar surface area (TPSA) is 55.4 Å². The number of nitrogen functional groups attached to an aromatic ring is 1. The second-order valence-corrected chi connectivity index (χ2v) is 2.52. The minimum Gasteiger partial charge on any atom is -0.398 e. The summed E-state index contributed by atoms with van der Waals surface area (Å²) in [5.74, 6) is -0.943. The van der Waals surface area contributed by atoms with E-state index in [1.807, 2.05) is 0 Å². The SMILES string of the molecule is Nc1cc(F)cc2c1C=NC2=O. The third-order valence-corrected chi connectivity index (χ3v) is 1.72. The number of carbonyl (C=O) groups excluding carboxylic acids is 1. The molecule has 0 aromatic heterocycles. The van der Waals surface area contributed by atoms with Gasteiger partial charge in [0.25, 0.3) is 5.91 Å². The van der Waals surface area contributed by atoms with E-state index >= 15 is 0 Å². The summed E-state index contributed by atoms with van der Waals surface area (Å²) in [5.41, 5.74) is 6.46. The molecule has 4 heteroatoms. The van der Waals surface area contributed by atoms with Crippen molar-refractivity contribution in [1.82, 2.24) is 0 Å². The fourth-order valence-electron chi connectivity index (χ4n) is 1.15. The number of hydrogen-bond acceptors (Lipinski definition) is 2. The summed E-state index contributed by atoms with van der Waals surface area (Å²) in [7, 11) is 0. The molecular weight excluding hydrogens is 159 g/mol. The van der Waals surface area contributed by atoms with Gasteiger partial charge < -0.3 is 5.73 Å². The Bertz CT molecular complexity index is 398. The molecule has 1 aliphatic heterocycles. The van der Waals surface area contributed by atoms with Crippen LogP contribution in [0.25, 0.3) is 0 Å². The summed E-state index contributed by atoms with van der Waals surface area (Å²) in [6.45, 7) is 0. The molecule has 0 fully saturated rings. The summed E-state index contributed by atoms with van der Waals surface area (Å²) in [6.07, 6.45) is 1.35. The number of nitrogens with two attached hydrogens (primary N) is 1. The fraction of sp³-hybridized carbons (Fsp3) is 0. The molecule has 1 heterocycles. The largest absolute Gasteiger partial charge is 0.398 e. The normalized spacial score (nSPS) is 13.6. The van der Waals surface area contributed by atoms with Crippen molar-refractivity contribution in [1.29, 1.82) is 0 Å². The number of fused-ring (bicyclic) bond motifs is 1. The van der Waals surface area contributed by atoms with Crippen LogP contribution in [0.15, 0.2) is 17.1 Å². The van der Waals surface area contributed by atoms with E-state index in [0.717, 1.165) is 6.07 Å². The first-order valence-electron chi connectivity index (χ1n) is 3.36. The van der Waals surface area contributed by atoms with Crippen LogP contribution in [0, 0.1) is 5.82 Å². The molecule has 1 amide bonds. The number of amides is 1. The van der Waals surface area contributed by atoms with Crippen LogP contribution in [0.2, 0.25) is 0 Å². The van der Waals surface area contributed by atoms with Gasteiger partial charge in [-0.05, 0) is 12.1 Å². The monoisotopic (exact) mass is 164 g/mol. The van der Waals surface area contributed by atoms with Crippen molar-refractivity contribution in [2.24, 2.45) is 4.99 Å². The van der Waals surface area contributed by atoms with Crippen LogP contribution >= 0.6 is 0 Å². The number of carbonyl (C=O) groups is 1. The van der Waals surface area contributed by atoms with E-state index in [4.69, 9.17) is 5.73 Å². The summed E-state index contributed by atoms with van der Waals surface area (Å²) in [6, 6.07) is 2.31. The summed E-state index contributed by atoms with van der Waals surface area (Å²) in [4.78, 5) is 14.4. The highest BCUT2D eigenvalue weighted by Crippen LogP contribution is 2.22. The van der Waals surface area contributed by atoms with E-state index in [1.165, 1.54) is 12.3 Å². The lowest BCUT2D eigenvalue weighted by molar-refractivity contribution is 0.101. The van der Waals surface area contributed by atoms with Gasteiger partial charge in [-0.25, -0.2) is 9.38 Å². The highest BCUT2D eigenvalue weighted by atomic mass is 19.1. The van der Waals surface area contributed by atoms with Crippen molar-refractivity contribution in [3.8, 4) is 0 Å². The van der Waals surface area contributed by atoms with Gasteiger partial charge >= 0.3 is 0 Å². The molecule has 60 valence electrons. The average Bonchev–Trinajstić information content (AvgIpc) is 2.33. The zero-order valence-corrected chi connectivity index (χ0v) is 6.04. The summed E-state index contributed by atoms with van der Waals surface area (Å²) >= 11 is 0. The van der Waals surface area contributed by atoms with E-state index in [9.17, 15) is 9.18 Å². The molecule has 1 aromatic carbocycles. The number of halogens is 1. The Balaban J connectivity index is 2.74. The van der Waals surface area contributed by atoms with Crippen LogP contribution in [-0.4, -0.2) is 12.1 Å². The second kappa shape index (κ2) is 2.14. The fourth-order valence-corrected chi connectivity index (χ4v) is 1.15. The summed E-state index contributed by atoms with van der Waals surface area (Å²) < 4.78 is 12.7. The van der Waals surface area contributed by atoms with Gasteiger partial charge in [0.15, 0.2) is 0 Å². The molecule has 0 saturated heterocycles. The van der Waals surface area contributed by atoms with Gasteiger partial charge in [-0.2, -0.15) is 0 Å². The van der Waals surface area contributed by atoms with Crippen LogP contribution in [0.5, 0.6) is 0 Å². The van der Waals surface area contributed by atoms with Crippen molar-refractivity contribution < 1.29 is 9.18 Å². The van der Waals surface area contributed by atoms with Crippen LogP contribution in [0.3, 0.4) is 0 Å². The van der Waals surface area contributed by atoms with Crippen molar-refractivity contribution in [3.05, 3.63) is 29.1 Å². The molecule has 1 aromatic rings. The first kappa shape index (κ1) is 6.97. The molecule has 2 rings (SSSR count). The maximum Gasteiger partial charge on any atom is 0.277 e. The quantitative estimate of drug-likeness (QED) is 0.581. The molecule has 0 spiro atoms. The molecule has 0 atom stereocenters. The zero-order valence-electron chi connectivity index (χ0n) is 6.04. The smallest absolute Gasteiger partial charge is 0.277 e. The summed E-state index contributed by atoms with van der Waals surface area (Å²) in [5, 5.41) is 0. The minimum absolute atomic E-state index is 0.243. The number of hydrogen-bond donors (Lipinski definition) is 1. The first-order chi connectivity index (χ1) is 5.68. The molecule has 0 bridgehead atoms. The van der Waals surface area contributed by atoms with E-state index < -0.39 is 11.7 Å². The van der Waals surface area contributed by atoms with Gasteiger partial charge in [-0.1, -0.05) is 0 Å². The molecule has 0 saturated carbocycles. The molecule has 12 heavy (non-hydrogen) atoms. The number of rotatable bonds is 0. The van der Waals surface area contributed by atoms with E-state index in [2.05, 4.69) is 4.99 Å². The third-order valence-electron chi connectivity index (χ3n) is 1.72. The lowest BCUT2D eigenvalue weighted by Crippen LogP contribution is -1.98. The lowest BCUT2D eigenvalue weighted by atomic mass is 10.1. The zero-order chi connectivity index (χ0) is 8.72. The Hall–Kier alpha value is -1.71. The van der Waals surface area contributed by atoms with Gasteiger partial charge in [0.2, 0.25) is 0 Å². The van der Waals surface area contributed by atoms with Crippen molar-refractivity contribution in [2.75, 3.05) is 5.73 Å². The van der Waals surface area contributed by atoms with E-state index in [-0.39, 0.29) is 11.3 Å². The Kier molecular flexibility index (Phi) is 1.24. The van der Waals surface area contributed by atoms with Crippen molar-refractivity contribution >= 4 is 17.8 Å². The van der Waals surface area contributed by atoms with Crippen LogP contribution < -0.4 is 5.73 Å². The minimum atomic E-state index is -0.509. The number of anilines is 1. The number of nitrogens with zero attached hydrogens (tertiary/aromatic N) is 1. The molecule has 0 aliphatic carbocycles. The van der Waals surface area contributed by atoms with Crippen LogP contribution in [0.4, 0.5) is 10.1 Å².